The van der Waals surface area contributed by atoms with Gasteiger partial charge in [0.1, 0.15) is 5.54 Å². The Kier molecular flexibility index (Phi) is 9.90. The second-order valence-corrected chi connectivity index (χ2v) is 6.98. The molecule has 3 heteroatoms. The highest BCUT2D eigenvalue weighted by molar-refractivity contribution is 5.05. The molecule has 1 N–H and O–H groups in total. The van der Waals surface area contributed by atoms with Gasteiger partial charge in [-0.15, -0.1) is 0 Å². The Balaban J connectivity index is 4.93. The highest BCUT2D eigenvalue weighted by Crippen LogP contribution is 2.22. The van der Waals surface area contributed by atoms with Crippen LogP contribution in [0.1, 0.15) is 74.1 Å². The molecule has 0 spiro atoms. The quantitative estimate of drug-likeness (QED) is 0.621. The molecule has 2 atom stereocenters. The first-order valence-corrected chi connectivity index (χ1v) is 8.75. The van der Waals surface area contributed by atoms with E-state index in [-0.39, 0.29) is 0 Å². The maximum Gasteiger partial charge on any atom is 0.105 e. The van der Waals surface area contributed by atoms with Gasteiger partial charge in [-0.1, -0.05) is 34.6 Å². The van der Waals surface area contributed by atoms with E-state index in [1.165, 1.54) is 12.8 Å². The average Bonchev–Trinajstić information content (AvgIpc) is 2.44. The molecule has 0 aliphatic rings. The van der Waals surface area contributed by atoms with Crippen molar-refractivity contribution in [2.24, 2.45) is 5.92 Å². The van der Waals surface area contributed by atoms with Gasteiger partial charge in [0.15, 0.2) is 0 Å². The first-order chi connectivity index (χ1) is 9.83. The third-order valence-electron chi connectivity index (χ3n) is 4.27. The van der Waals surface area contributed by atoms with Crippen LogP contribution in [0.25, 0.3) is 0 Å². The summed E-state index contributed by atoms with van der Waals surface area (Å²) in [5.74, 6) is 0.657. The van der Waals surface area contributed by atoms with Gasteiger partial charge in [0.2, 0.25) is 0 Å². The highest BCUT2D eigenvalue weighted by Gasteiger charge is 2.30. The van der Waals surface area contributed by atoms with Crippen LogP contribution in [-0.2, 0) is 0 Å². The van der Waals surface area contributed by atoms with Crippen molar-refractivity contribution in [2.45, 2.75) is 91.8 Å². The van der Waals surface area contributed by atoms with E-state index in [0.29, 0.717) is 18.0 Å². The SMILES string of the molecule is CCCNC(C)(C#N)CC(C)N(CC(C)C)C(CC)CC. The topological polar surface area (TPSA) is 39.1 Å². The van der Waals surface area contributed by atoms with Gasteiger partial charge >= 0.3 is 0 Å². The lowest BCUT2D eigenvalue weighted by molar-refractivity contribution is 0.100. The lowest BCUT2D eigenvalue weighted by Gasteiger charge is -2.39. The molecule has 0 bridgehead atoms. The number of nitrogens with zero attached hydrogens (tertiary/aromatic N) is 2. The summed E-state index contributed by atoms with van der Waals surface area (Å²) in [4.78, 5) is 2.62. The van der Waals surface area contributed by atoms with Crippen LogP contribution in [0.3, 0.4) is 0 Å². The van der Waals surface area contributed by atoms with E-state index in [2.05, 4.69) is 57.8 Å². The first kappa shape index (κ1) is 20.4. The normalized spacial score (nSPS) is 16.2. The molecule has 0 amide bonds. The first-order valence-electron chi connectivity index (χ1n) is 8.75. The van der Waals surface area contributed by atoms with Gasteiger partial charge < -0.3 is 0 Å². The van der Waals surface area contributed by atoms with Crippen molar-refractivity contribution in [3.8, 4) is 6.07 Å². The zero-order valence-corrected chi connectivity index (χ0v) is 15.4. The van der Waals surface area contributed by atoms with E-state index in [9.17, 15) is 5.26 Å². The Hall–Kier alpha value is -0.590. The van der Waals surface area contributed by atoms with Crippen LogP contribution in [0.5, 0.6) is 0 Å². The van der Waals surface area contributed by atoms with Crippen molar-refractivity contribution < 1.29 is 0 Å². The molecule has 0 heterocycles. The summed E-state index contributed by atoms with van der Waals surface area (Å²) in [7, 11) is 0. The molecule has 0 aromatic heterocycles. The average molecular weight is 296 g/mol. The van der Waals surface area contributed by atoms with Gasteiger partial charge in [-0.25, -0.2) is 0 Å². The van der Waals surface area contributed by atoms with Gasteiger partial charge in [-0.3, -0.25) is 10.2 Å². The number of hydrogen-bond acceptors (Lipinski definition) is 3. The zero-order chi connectivity index (χ0) is 16.5. The lowest BCUT2D eigenvalue weighted by Crippen LogP contribution is -2.50. The number of nitriles is 1. The fourth-order valence-corrected chi connectivity index (χ4v) is 3.13. The summed E-state index contributed by atoms with van der Waals surface area (Å²) >= 11 is 0. The van der Waals surface area contributed by atoms with Crippen molar-refractivity contribution >= 4 is 0 Å². The van der Waals surface area contributed by atoms with E-state index in [0.717, 1.165) is 25.9 Å². The summed E-state index contributed by atoms with van der Waals surface area (Å²) in [6.45, 7) is 17.6. The molecule has 3 nitrogen and oxygen atoms in total. The molecule has 0 radical (unpaired) electrons. The molecule has 0 aromatic carbocycles. The second-order valence-electron chi connectivity index (χ2n) is 6.98. The van der Waals surface area contributed by atoms with Crippen LogP contribution in [0.2, 0.25) is 0 Å². The molecule has 0 rings (SSSR count). The molecule has 124 valence electrons. The molecular formula is C18H37N3. The van der Waals surface area contributed by atoms with Crippen molar-refractivity contribution in [2.75, 3.05) is 13.1 Å². The number of nitrogens with one attached hydrogen (secondary N) is 1. The van der Waals surface area contributed by atoms with Crippen LogP contribution >= 0.6 is 0 Å². The molecular weight excluding hydrogens is 258 g/mol. The van der Waals surface area contributed by atoms with Gasteiger partial charge in [0.05, 0.1) is 6.07 Å². The molecule has 0 aliphatic heterocycles. The zero-order valence-electron chi connectivity index (χ0n) is 15.4. The minimum Gasteiger partial charge on any atom is -0.300 e. The monoisotopic (exact) mass is 295 g/mol. The van der Waals surface area contributed by atoms with E-state index in [4.69, 9.17) is 0 Å². The summed E-state index contributed by atoms with van der Waals surface area (Å²) in [6, 6.07) is 3.53. The van der Waals surface area contributed by atoms with E-state index in [1.807, 2.05) is 6.92 Å². The summed E-state index contributed by atoms with van der Waals surface area (Å²) in [5.41, 5.74) is -0.420. The Bertz CT molecular complexity index is 304. The summed E-state index contributed by atoms with van der Waals surface area (Å²) in [5, 5.41) is 13.0. The smallest absolute Gasteiger partial charge is 0.105 e. The highest BCUT2D eigenvalue weighted by atomic mass is 15.2. The summed E-state index contributed by atoms with van der Waals surface area (Å²) < 4.78 is 0. The van der Waals surface area contributed by atoms with E-state index < -0.39 is 5.54 Å². The van der Waals surface area contributed by atoms with Crippen molar-refractivity contribution in [1.82, 2.24) is 10.2 Å². The van der Waals surface area contributed by atoms with Gasteiger partial charge in [0, 0.05) is 18.6 Å². The van der Waals surface area contributed by atoms with Crippen LogP contribution in [0, 0.1) is 17.2 Å². The predicted molar refractivity (Wildman–Crippen MR) is 92.3 cm³/mol. The second kappa shape index (κ2) is 10.2. The van der Waals surface area contributed by atoms with Crippen molar-refractivity contribution in [3.05, 3.63) is 0 Å². The Labute approximate surface area is 133 Å². The van der Waals surface area contributed by atoms with Gasteiger partial charge in [0.25, 0.3) is 0 Å². The summed E-state index contributed by atoms with van der Waals surface area (Å²) in [6.07, 6.45) is 4.30. The fraction of sp³-hybridized carbons (Fsp3) is 0.944. The van der Waals surface area contributed by atoms with Crippen LogP contribution < -0.4 is 5.32 Å². The molecule has 0 fully saturated rings. The Morgan fingerprint density at radius 1 is 1.14 bits per heavy atom. The Morgan fingerprint density at radius 3 is 2.10 bits per heavy atom. The molecule has 0 saturated carbocycles. The van der Waals surface area contributed by atoms with E-state index >= 15 is 0 Å². The predicted octanol–water partition coefficient (Wildman–Crippen LogP) is 4.19. The number of rotatable bonds is 11. The van der Waals surface area contributed by atoms with Crippen molar-refractivity contribution in [3.63, 3.8) is 0 Å². The molecule has 0 saturated heterocycles. The largest absolute Gasteiger partial charge is 0.300 e. The van der Waals surface area contributed by atoms with Gasteiger partial charge in [-0.05, 0) is 52.0 Å². The molecule has 0 aromatic rings. The third kappa shape index (κ3) is 7.29. The molecule has 0 aliphatic carbocycles. The maximum atomic E-state index is 9.55. The third-order valence-corrected chi connectivity index (χ3v) is 4.27. The lowest BCUT2D eigenvalue weighted by atomic mass is 9.92. The maximum absolute atomic E-state index is 9.55. The fourth-order valence-electron chi connectivity index (χ4n) is 3.13. The van der Waals surface area contributed by atoms with Crippen LogP contribution in [0.15, 0.2) is 0 Å². The van der Waals surface area contributed by atoms with E-state index in [1.54, 1.807) is 0 Å². The van der Waals surface area contributed by atoms with Crippen LogP contribution in [0.4, 0.5) is 0 Å². The molecule has 21 heavy (non-hydrogen) atoms. The molecule has 2 unspecified atom stereocenters. The van der Waals surface area contributed by atoms with Crippen molar-refractivity contribution in [1.29, 1.82) is 5.26 Å². The van der Waals surface area contributed by atoms with Crippen LogP contribution in [-0.4, -0.2) is 35.6 Å². The minimum absolute atomic E-state index is 0.420. The number of hydrogen-bond donors (Lipinski definition) is 1. The Morgan fingerprint density at radius 2 is 1.71 bits per heavy atom. The van der Waals surface area contributed by atoms with Gasteiger partial charge in [-0.2, -0.15) is 5.26 Å². The minimum atomic E-state index is -0.420. The standard InChI is InChI=1S/C18H37N3/c1-8-11-20-18(7,14-19)12-16(6)21(13-15(4)5)17(9-2)10-3/h15-17,20H,8-13H2,1-7H3.